The van der Waals surface area contributed by atoms with Gasteiger partial charge in [0, 0.05) is 37.1 Å². The molecule has 3 nitrogen and oxygen atoms in total. The minimum atomic E-state index is 0.0925. The molecule has 24 heavy (non-hydrogen) atoms. The zero-order valence-corrected chi connectivity index (χ0v) is 15.6. The van der Waals surface area contributed by atoms with Crippen LogP contribution in [0.1, 0.15) is 47.7 Å². The van der Waals surface area contributed by atoms with E-state index >= 15 is 0 Å². The summed E-state index contributed by atoms with van der Waals surface area (Å²) >= 11 is 0. The van der Waals surface area contributed by atoms with Gasteiger partial charge in [0.25, 0.3) is 0 Å². The second-order valence-electron chi connectivity index (χ2n) is 6.65. The Morgan fingerprint density at radius 2 is 1.75 bits per heavy atom. The van der Waals surface area contributed by atoms with Gasteiger partial charge in [-0.3, -0.25) is 4.79 Å². The lowest BCUT2D eigenvalue weighted by Crippen LogP contribution is -2.37. The number of pyridine rings is 1. The van der Waals surface area contributed by atoms with E-state index in [1.54, 1.807) is 0 Å². The van der Waals surface area contributed by atoms with Gasteiger partial charge < -0.3 is 5.32 Å². The molecule has 0 fully saturated rings. The Bertz CT molecular complexity index is 712. The van der Waals surface area contributed by atoms with Crippen molar-refractivity contribution >= 4 is 11.6 Å². The van der Waals surface area contributed by atoms with E-state index in [2.05, 4.69) is 61.1 Å². The maximum atomic E-state index is 12.3. The first-order valence-corrected chi connectivity index (χ1v) is 8.77. The van der Waals surface area contributed by atoms with E-state index in [0.29, 0.717) is 6.42 Å². The molecule has 0 spiro atoms. The fourth-order valence-electron chi connectivity index (χ4n) is 3.11. The number of hydrogen-bond donors (Lipinski definition) is 1. The lowest BCUT2D eigenvalue weighted by molar-refractivity contribution is -0.703. The predicted octanol–water partition coefficient (Wildman–Crippen LogP) is 4.19. The van der Waals surface area contributed by atoms with Crippen molar-refractivity contribution in [1.29, 1.82) is 0 Å². The fourth-order valence-corrected chi connectivity index (χ4v) is 3.11. The van der Waals surface area contributed by atoms with Gasteiger partial charge in [0.2, 0.25) is 5.91 Å². The first kappa shape index (κ1) is 18.2. The van der Waals surface area contributed by atoms with Crippen LogP contribution >= 0.6 is 0 Å². The van der Waals surface area contributed by atoms with Gasteiger partial charge in [-0.25, -0.2) is 4.57 Å². The van der Waals surface area contributed by atoms with Crippen LogP contribution in [0, 0.1) is 27.7 Å². The molecule has 0 atom stereocenters. The number of aryl methyl sites for hydroxylation is 6. The molecule has 3 heteroatoms. The topological polar surface area (TPSA) is 33.0 Å². The lowest BCUT2D eigenvalue weighted by Gasteiger charge is -2.12. The first-order chi connectivity index (χ1) is 11.4. The molecule has 2 aromatic rings. The zero-order chi connectivity index (χ0) is 17.7. The molecule has 0 bridgehead atoms. The minimum absolute atomic E-state index is 0.0925. The third kappa shape index (κ3) is 4.67. The summed E-state index contributed by atoms with van der Waals surface area (Å²) in [5, 5.41) is 3.08. The number of carbonyl (C=O) groups excluding carboxylic acids is 1. The number of benzene rings is 1. The summed E-state index contributed by atoms with van der Waals surface area (Å²) in [7, 11) is 0. The smallest absolute Gasteiger partial charge is 0.224 e. The lowest BCUT2D eigenvalue weighted by atomic mass is 10.0. The minimum Gasteiger partial charge on any atom is -0.326 e. The molecule has 1 heterocycles. The highest BCUT2D eigenvalue weighted by Crippen LogP contribution is 2.22. The quantitative estimate of drug-likeness (QED) is 0.794. The van der Waals surface area contributed by atoms with Crippen molar-refractivity contribution in [1.82, 2.24) is 0 Å². The molecule has 0 aliphatic rings. The molecule has 2 rings (SSSR count). The highest BCUT2D eigenvalue weighted by Gasteiger charge is 2.11. The van der Waals surface area contributed by atoms with E-state index in [1.807, 2.05) is 13.8 Å². The van der Waals surface area contributed by atoms with Crippen molar-refractivity contribution in [2.24, 2.45) is 0 Å². The van der Waals surface area contributed by atoms with Crippen molar-refractivity contribution in [2.75, 3.05) is 5.32 Å². The molecule has 0 aliphatic heterocycles. The summed E-state index contributed by atoms with van der Waals surface area (Å²) in [6, 6.07) is 8.54. The summed E-state index contributed by atoms with van der Waals surface area (Å²) in [5.41, 5.74) is 7.00. The van der Waals surface area contributed by atoms with E-state index in [1.165, 1.54) is 16.8 Å². The average Bonchev–Trinajstić information content (AvgIpc) is 2.52. The standard InChI is InChI=1S/C21H28N2O/c1-6-19-10-9-18(5)23(14-19)11-7-8-20(24)22-21-16(3)12-15(2)13-17(21)4/h9-10,12-14H,6-8,11H2,1-5H3/p+1. The van der Waals surface area contributed by atoms with Crippen LogP contribution in [0.4, 0.5) is 5.69 Å². The molecule has 1 aromatic carbocycles. The Kier molecular flexibility index (Phi) is 6.13. The van der Waals surface area contributed by atoms with Crippen LogP contribution in [0.3, 0.4) is 0 Å². The number of nitrogens with one attached hydrogen (secondary N) is 1. The number of rotatable bonds is 6. The van der Waals surface area contributed by atoms with Crippen molar-refractivity contribution in [3.8, 4) is 0 Å². The molecular weight excluding hydrogens is 296 g/mol. The fraction of sp³-hybridized carbons (Fsp3) is 0.429. The number of nitrogens with zero attached hydrogens (tertiary/aromatic N) is 1. The third-order valence-corrected chi connectivity index (χ3v) is 4.47. The van der Waals surface area contributed by atoms with Crippen LogP contribution in [0.2, 0.25) is 0 Å². The molecule has 0 saturated carbocycles. The number of amides is 1. The van der Waals surface area contributed by atoms with Gasteiger partial charge in [-0.15, -0.1) is 0 Å². The second-order valence-corrected chi connectivity index (χ2v) is 6.65. The van der Waals surface area contributed by atoms with Crippen molar-refractivity contribution in [3.05, 3.63) is 58.4 Å². The van der Waals surface area contributed by atoms with Gasteiger partial charge in [0.1, 0.15) is 6.54 Å². The number of hydrogen-bond acceptors (Lipinski definition) is 1. The van der Waals surface area contributed by atoms with Gasteiger partial charge in [0.05, 0.1) is 0 Å². The normalized spacial score (nSPS) is 10.7. The predicted molar refractivity (Wildman–Crippen MR) is 99.3 cm³/mol. The number of aromatic nitrogens is 1. The Hall–Kier alpha value is -2.16. The summed E-state index contributed by atoms with van der Waals surface area (Å²) < 4.78 is 2.24. The maximum Gasteiger partial charge on any atom is 0.224 e. The SMILES string of the molecule is CCc1ccc(C)[n+](CCCC(=O)Nc2c(C)cc(C)cc2C)c1. The van der Waals surface area contributed by atoms with Crippen molar-refractivity contribution < 1.29 is 9.36 Å². The molecular formula is C21H29N2O+. The van der Waals surface area contributed by atoms with E-state index in [9.17, 15) is 4.79 Å². The molecule has 1 amide bonds. The summed E-state index contributed by atoms with van der Waals surface area (Å²) in [5.74, 6) is 0.0925. The van der Waals surface area contributed by atoms with E-state index < -0.39 is 0 Å². The van der Waals surface area contributed by atoms with Gasteiger partial charge in [-0.05, 0) is 44.4 Å². The summed E-state index contributed by atoms with van der Waals surface area (Å²) in [4.78, 5) is 12.3. The summed E-state index contributed by atoms with van der Waals surface area (Å²) in [6.07, 6.45) is 4.61. The van der Waals surface area contributed by atoms with E-state index in [0.717, 1.165) is 36.2 Å². The maximum absolute atomic E-state index is 12.3. The average molecular weight is 325 g/mol. The van der Waals surface area contributed by atoms with Crippen LogP contribution < -0.4 is 9.88 Å². The summed E-state index contributed by atoms with van der Waals surface area (Å²) in [6.45, 7) is 11.3. The Morgan fingerprint density at radius 1 is 1.08 bits per heavy atom. The van der Waals surface area contributed by atoms with Crippen molar-refractivity contribution in [3.63, 3.8) is 0 Å². The highest BCUT2D eigenvalue weighted by molar-refractivity contribution is 5.92. The Morgan fingerprint density at radius 3 is 2.38 bits per heavy atom. The molecule has 0 radical (unpaired) electrons. The van der Waals surface area contributed by atoms with Gasteiger partial charge in [-0.2, -0.15) is 0 Å². The molecule has 1 aromatic heterocycles. The molecule has 0 aliphatic carbocycles. The van der Waals surface area contributed by atoms with Crippen LogP contribution in [-0.2, 0) is 17.8 Å². The largest absolute Gasteiger partial charge is 0.326 e. The molecule has 128 valence electrons. The van der Waals surface area contributed by atoms with Crippen LogP contribution in [0.15, 0.2) is 30.5 Å². The van der Waals surface area contributed by atoms with E-state index in [4.69, 9.17) is 0 Å². The Labute approximate surface area is 145 Å². The molecule has 0 saturated heterocycles. The first-order valence-electron chi connectivity index (χ1n) is 8.77. The molecule has 0 unspecified atom stereocenters. The monoisotopic (exact) mass is 325 g/mol. The number of anilines is 1. The van der Waals surface area contributed by atoms with Crippen LogP contribution in [0.25, 0.3) is 0 Å². The third-order valence-electron chi connectivity index (χ3n) is 4.47. The van der Waals surface area contributed by atoms with Crippen LogP contribution in [-0.4, -0.2) is 5.91 Å². The van der Waals surface area contributed by atoms with Gasteiger partial charge in [-0.1, -0.05) is 24.6 Å². The van der Waals surface area contributed by atoms with E-state index in [-0.39, 0.29) is 5.91 Å². The highest BCUT2D eigenvalue weighted by atomic mass is 16.1. The number of carbonyl (C=O) groups is 1. The molecule has 1 N–H and O–H groups in total. The van der Waals surface area contributed by atoms with Crippen LogP contribution in [0.5, 0.6) is 0 Å². The Balaban J connectivity index is 1.93. The van der Waals surface area contributed by atoms with Gasteiger partial charge in [0.15, 0.2) is 11.9 Å². The van der Waals surface area contributed by atoms with Crippen molar-refractivity contribution in [2.45, 2.75) is 60.4 Å². The second kappa shape index (κ2) is 8.09. The zero-order valence-electron chi connectivity index (χ0n) is 15.6. The van der Waals surface area contributed by atoms with Gasteiger partial charge >= 0.3 is 0 Å².